The Morgan fingerprint density at radius 3 is 2.62 bits per heavy atom. The van der Waals surface area contributed by atoms with Crippen molar-refractivity contribution < 1.29 is 9.53 Å². The lowest BCUT2D eigenvalue weighted by Crippen LogP contribution is -2.15. The monoisotopic (exact) mass is 277 g/mol. The van der Waals surface area contributed by atoms with Gasteiger partial charge in [-0.2, -0.15) is 0 Å². The summed E-state index contributed by atoms with van der Waals surface area (Å²) in [6.45, 7) is 0. The maximum absolute atomic E-state index is 12.0. The fraction of sp³-hybridized carbons (Fsp3) is 0.0588. The molecule has 4 nitrogen and oxygen atoms in total. The lowest BCUT2D eigenvalue weighted by Gasteiger charge is -2.11. The van der Waals surface area contributed by atoms with Crippen LogP contribution in [-0.4, -0.2) is 11.0 Å². The average Bonchev–Trinajstić information content (AvgIpc) is 2.86. The lowest BCUT2D eigenvalue weighted by atomic mass is 9.98. The number of cyclic esters (lactones) is 1. The number of benzene rings is 2. The molecule has 1 aliphatic rings. The minimum atomic E-state index is -0.637. The van der Waals surface area contributed by atoms with E-state index in [-0.39, 0.29) is 5.56 Å². The van der Waals surface area contributed by atoms with E-state index in [0.717, 1.165) is 16.3 Å². The van der Waals surface area contributed by atoms with Gasteiger partial charge in [-0.1, -0.05) is 36.4 Å². The second-order valence-corrected chi connectivity index (χ2v) is 5.03. The largest absolute Gasteiger partial charge is 0.449 e. The van der Waals surface area contributed by atoms with Gasteiger partial charge in [0, 0.05) is 6.20 Å². The van der Waals surface area contributed by atoms with Crippen LogP contribution in [0.1, 0.15) is 27.6 Å². The number of fused-ring (bicyclic) bond motifs is 2. The van der Waals surface area contributed by atoms with Gasteiger partial charge in [-0.3, -0.25) is 4.79 Å². The predicted molar refractivity (Wildman–Crippen MR) is 78.3 cm³/mol. The standard InChI is InChI=1S/C17H11NO3/c19-16-14-13(7-8-18-16)17(20)21-15(14)12-6-5-10-3-1-2-4-11(10)9-12/h1-9,15H,(H,18,19). The van der Waals surface area contributed by atoms with E-state index in [1.54, 1.807) is 6.07 Å². The highest BCUT2D eigenvalue weighted by molar-refractivity contribution is 5.94. The van der Waals surface area contributed by atoms with Gasteiger partial charge >= 0.3 is 5.97 Å². The summed E-state index contributed by atoms with van der Waals surface area (Å²) < 4.78 is 5.39. The Labute approximate surface area is 120 Å². The van der Waals surface area contributed by atoms with E-state index in [4.69, 9.17) is 4.74 Å². The van der Waals surface area contributed by atoms with E-state index < -0.39 is 12.1 Å². The van der Waals surface area contributed by atoms with E-state index in [2.05, 4.69) is 4.98 Å². The number of nitrogens with one attached hydrogen (secondary N) is 1. The first-order valence-corrected chi connectivity index (χ1v) is 6.65. The molecular formula is C17H11NO3. The number of H-pyrrole nitrogens is 1. The van der Waals surface area contributed by atoms with Crippen LogP contribution in [-0.2, 0) is 4.74 Å². The molecule has 0 spiro atoms. The van der Waals surface area contributed by atoms with Crippen molar-refractivity contribution in [1.29, 1.82) is 0 Å². The first kappa shape index (κ1) is 11.9. The first-order chi connectivity index (χ1) is 10.2. The molecule has 0 radical (unpaired) electrons. The van der Waals surface area contributed by atoms with Gasteiger partial charge in [-0.15, -0.1) is 0 Å². The third-order valence-corrected chi connectivity index (χ3v) is 3.78. The molecule has 4 heteroatoms. The van der Waals surface area contributed by atoms with Gasteiger partial charge in [0.05, 0.1) is 11.1 Å². The summed E-state index contributed by atoms with van der Waals surface area (Å²) in [5, 5.41) is 2.15. The number of aromatic nitrogens is 1. The zero-order valence-corrected chi connectivity index (χ0v) is 11.0. The van der Waals surface area contributed by atoms with Gasteiger partial charge in [0.1, 0.15) is 0 Å². The Bertz CT molecular complexity index is 926. The Balaban J connectivity index is 1.91. The molecule has 0 saturated carbocycles. The first-order valence-electron chi connectivity index (χ1n) is 6.65. The van der Waals surface area contributed by atoms with Gasteiger partial charge in [0.15, 0.2) is 6.10 Å². The molecule has 1 aromatic heterocycles. The Morgan fingerprint density at radius 2 is 1.76 bits per heavy atom. The minimum absolute atomic E-state index is 0.281. The van der Waals surface area contributed by atoms with Crippen LogP contribution in [0.25, 0.3) is 10.8 Å². The molecule has 1 aliphatic heterocycles. The SMILES string of the molecule is O=C1OC(c2ccc3ccccc3c2)c2c1cc[nH]c2=O. The smallest absolute Gasteiger partial charge is 0.339 e. The second kappa shape index (κ2) is 4.31. The van der Waals surface area contributed by atoms with Crippen LogP contribution in [0.15, 0.2) is 59.5 Å². The van der Waals surface area contributed by atoms with E-state index in [1.165, 1.54) is 6.20 Å². The fourth-order valence-electron chi connectivity index (χ4n) is 2.76. The summed E-state index contributed by atoms with van der Waals surface area (Å²) in [5.41, 5.74) is 1.25. The number of pyridine rings is 1. The highest BCUT2D eigenvalue weighted by Crippen LogP contribution is 2.34. The summed E-state index contributed by atoms with van der Waals surface area (Å²) in [4.78, 5) is 26.5. The number of carbonyl (C=O) groups excluding carboxylic acids is 1. The second-order valence-electron chi connectivity index (χ2n) is 5.03. The van der Waals surface area contributed by atoms with E-state index in [9.17, 15) is 9.59 Å². The zero-order valence-electron chi connectivity index (χ0n) is 11.0. The van der Waals surface area contributed by atoms with Crippen molar-refractivity contribution in [3.63, 3.8) is 0 Å². The number of rotatable bonds is 1. The molecule has 1 unspecified atom stereocenters. The highest BCUT2D eigenvalue weighted by atomic mass is 16.5. The highest BCUT2D eigenvalue weighted by Gasteiger charge is 2.34. The molecule has 4 rings (SSSR count). The Hall–Kier alpha value is -2.88. The molecule has 21 heavy (non-hydrogen) atoms. The number of hydrogen-bond acceptors (Lipinski definition) is 3. The molecule has 1 N–H and O–H groups in total. The third-order valence-electron chi connectivity index (χ3n) is 3.78. The number of ether oxygens (including phenoxy) is 1. The predicted octanol–water partition coefficient (Wildman–Crippen LogP) is 2.79. The average molecular weight is 277 g/mol. The summed E-state index contributed by atoms with van der Waals surface area (Å²) in [7, 11) is 0. The molecule has 2 aromatic carbocycles. The summed E-state index contributed by atoms with van der Waals surface area (Å²) in [6, 6.07) is 15.3. The van der Waals surface area contributed by atoms with Gasteiger partial charge < -0.3 is 9.72 Å². The molecule has 0 aliphatic carbocycles. The van der Waals surface area contributed by atoms with Crippen molar-refractivity contribution in [2.75, 3.05) is 0 Å². The van der Waals surface area contributed by atoms with Crippen LogP contribution >= 0.6 is 0 Å². The molecule has 3 aromatic rings. The van der Waals surface area contributed by atoms with Crippen LogP contribution in [0.3, 0.4) is 0 Å². The van der Waals surface area contributed by atoms with Crippen LogP contribution in [0.2, 0.25) is 0 Å². The van der Waals surface area contributed by atoms with Crippen molar-refractivity contribution >= 4 is 16.7 Å². The van der Waals surface area contributed by atoms with E-state index in [0.29, 0.717) is 11.1 Å². The van der Waals surface area contributed by atoms with Crippen LogP contribution in [0.5, 0.6) is 0 Å². The number of esters is 1. The quantitative estimate of drug-likeness (QED) is 0.696. The minimum Gasteiger partial charge on any atom is -0.449 e. The van der Waals surface area contributed by atoms with Crippen LogP contribution in [0, 0.1) is 0 Å². The topological polar surface area (TPSA) is 59.2 Å². The normalized spacial score (nSPS) is 16.8. The summed E-state index contributed by atoms with van der Waals surface area (Å²) in [6.07, 6.45) is 0.827. The van der Waals surface area contributed by atoms with Gasteiger partial charge in [-0.25, -0.2) is 4.79 Å². The molecule has 0 bridgehead atoms. The summed E-state index contributed by atoms with van der Waals surface area (Å²) in [5.74, 6) is -0.450. The fourth-order valence-corrected chi connectivity index (χ4v) is 2.76. The molecule has 1 atom stereocenters. The molecule has 0 amide bonds. The van der Waals surface area contributed by atoms with Crippen LogP contribution in [0.4, 0.5) is 0 Å². The maximum Gasteiger partial charge on any atom is 0.339 e. The van der Waals surface area contributed by atoms with Gasteiger partial charge in [-0.05, 0) is 28.5 Å². The molecule has 102 valence electrons. The lowest BCUT2D eigenvalue weighted by molar-refractivity contribution is 0.0455. The third kappa shape index (κ3) is 1.76. The molecule has 0 fully saturated rings. The van der Waals surface area contributed by atoms with Crippen molar-refractivity contribution in [2.45, 2.75) is 6.10 Å². The van der Waals surface area contributed by atoms with Crippen molar-refractivity contribution in [2.24, 2.45) is 0 Å². The van der Waals surface area contributed by atoms with Gasteiger partial charge in [0.2, 0.25) is 0 Å². The zero-order chi connectivity index (χ0) is 14.4. The van der Waals surface area contributed by atoms with E-state index >= 15 is 0 Å². The number of hydrogen-bond donors (Lipinski definition) is 1. The van der Waals surface area contributed by atoms with Crippen molar-refractivity contribution in [3.8, 4) is 0 Å². The van der Waals surface area contributed by atoms with E-state index in [1.807, 2.05) is 42.5 Å². The maximum atomic E-state index is 12.0. The Kier molecular flexibility index (Phi) is 2.44. The molecule has 2 heterocycles. The van der Waals surface area contributed by atoms with Crippen molar-refractivity contribution in [1.82, 2.24) is 4.98 Å². The summed E-state index contributed by atoms with van der Waals surface area (Å²) >= 11 is 0. The Morgan fingerprint density at radius 1 is 0.952 bits per heavy atom. The number of aromatic amines is 1. The molecular weight excluding hydrogens is 266 g/mol. The molecule has 0 saturated heterocycles. The van der Waals surface area contributed by atoms with Crippen LogP contribution < -0.4 is 5.56 Å². The van der Waals surface area contributed by atoms with Crippen molar-refractivity contribution in [3.05, 3.63) is 81.8 Å². The number of carbonyl (C=O) groups is 1. The van der Waals surface area contributed by atoms with Gasteiger partial charge in [0.25, 0.3) is 5.56 Å².